The maximum absolute atomic E-state index is 11.6. The number of aryl methyl sites for hydroxylation is 1. The minimum Gasteiger partial charge on any atom is -0.365 e. The summed E-state index contributed by atoms with van der Waals surface area (Å²) in [7, 11) is 0. The smallest absolute Gasteiger partial charge is 0.246 e. The van der Waals surface area contributed by atoms with E-state index in [9.17, 15) is 4.79 Å². The summed E-state index contributed by atoms with van der Waals surface area (Å²) >= 11 is 0. The molecule has 2 heterocycles. The maximum Gasteiger partial charge on any atom is 0.246 e. The second-order valence-electron chi connectivity index (χ2n) is 4.46. The molecule has 0 radical (unpaired) electrons. The Balaban J connectivity index is 1.97. The van der Waals surface area contributed by atoms with Gasteiger partial charge in [0.25, 0.3) is 0 Å². The monoisotopic (exact) mass is 246 g/mol. The Kier molecular flexibility index (Phi) is 3.92. The summed E-state index contributed by atoms with van der Waals surface area (Å²) in [4.78, 5) is 21.8. The molecule has 0 aromatic carbocycles. The van der Waals surface area contributed by atoms with Crippen molar-refractivity contribution < 1.29 is 4.79 Å². The standard InChI is InChI=1S/C13H18N4O/c1-3-13(18)17-8-4-5-11(9-17)16-12-6-7-14-10(2)15-12/h3,6-7,11H,1,4-5,8-9H2,2H3,(H,14,15,16). The van der Waals surface area contributed by atoms with E-state index in [4.69, 9.17) is 0 Å². The van der Waals surface area contributed by atoms with Gasteiger partial charge in [0.15, 0.2) is 0 Å². The zero-order valence-corrected chi connectivity index (χ0v) is 10.6. The molecule has 0 saturated carbocycles. The third kappa shape index (κ3) is 3.06. The molecule has 0 spiro atoms. The fourth-order valence-electron chi connectivity index (χ4n) is 2.17. The molecule has 18 heavy (non-hydrogen) atoms. The van der Waals surface area contributed by atoms with Gasteiger partial charge in [-0.2, -0.15) is 0 Å². The van der Waals surface area contributed by atoms with Gasteiger partial charge in [-0.15, -0.1) is 0 Å². The molecule has 0 aliphatic carbocycles. The number of piperidine rings is 1. The van der Waals surface area contributed by atoms with Crippen LogP contribution in [0, 0.1) is 6.92 Å². The molecule has 5 nitrogen and oxygen atoms in total. The molecule has 1 saturated heterocycles. The van der Waals surface area contributed by atoms with E-state index in [1.807, 2.05) is 17.9 Å². The van der Waals surface area contributed by atoms with Gasteiger partial charge in [-0.25, -0.2) is 9.97 Å². The Morgan fingerprint density at radius 3 is 3.22 bits per heavy atom. The van der Waals surface area contributed by atoms with E-state index in [1.54, 1.807) is 6.20 Å². The number of nitrogens with one attached hydrogen (secondary N) is 1. The van der Waals surface area contributed by atoms with E-state index in [0.717, 1.165) is 31.0 Å². The number of hydrogen-bond donors (Lipinski definition) is 1. The third-order valence-corrected chi connectivity index (χ3v) is 3.04. The number of aromatic nitrogens is 2. The fraction of sp³-hybridized carbons (Fsp3) is 0.462. The topological polar surface area (TPSA) is 58.1 Å². The highest BCUT2D eigenvalue weighted by Gasteiger charge is 2.22. The molecule has 5 heteroatoms. The zero-order chi connectivity index (χ0) is 13.0. The second kappa shape index (κ2) is 5.62. The number of likely N-dealkylation sites (tertiary alicyclic amines) is 1. The van der Waals surface area contributed by atoms with Crippen LogP contribution in [0.4, 0.5) is 5.82 Å². The zero-order valence-electron chi connectivity index (χ0n) is 10.6. The number of amides is 1. The molecule has 1 aliphatic rings. The number of carbonyl (C=O) groups is 1. The second-order valence-corrected chi connectivity index (χ2v) is 4.46. The molecular formula is C13H18N4O. The van der Waals surface area contributed by atoms with E-state index < -0.39 is 0 Å². The molecule has 2 rings (SSSR count). The Morgan fingerprint density at radius 2 is 2.50 bits per heavy atom. The summed E-state index contributed by atoms with van der Waals surface area (Å²) in [5, 5.41) is 3.35. The third-order valence-electron chi connectivity index (χ3n) is 3.04. The Bertz CT molecular complexity index is 446. The summed E-state index contributed by atoms with van der Waals surface area (Å²) in [5.74, 6) is 1.57. The van der Waals surface area contributed by atoms with Crippen molar-refractivity contribution in [2.75, 3.05) is 18.4 Å². The first-order chi connectivity index (χ1) is 8.69. The fourth-order valence-corrected chi connectivity index (χ4v) is 2.17. The molecule has 1 amide bonds. The van der Waals surface area contributed by atoms with Crippen LogP contribution in [-0.2, 0) is 4.79 Å². The van der Waals surface area contributed by atoms with E-state index in [0.29, 0.717) is 6.54 Å². The summed E-state index contributed by atoms with van der Waals surface area (Å²) in [5.41, 5.74) is 0. The van der Waals surface area contributed by atoms with Crippen molar-refractivity contribution in [2.45, 2.75) is 25.8 Å². The van der Waals surface area contributed by atoms with Crippen LogP contribution in [0.5, 0.6) is 0 Å². The van der Waals surface area contributed by atoms with Crippen LogP contribution in [-0.4, -0.2) is 39.9 Å². The highest BCUT2D eigenvalue weighted by Crippen LogP contribution is 2.14. The normalized spacial score (nSPS) is 19.4. The van der Waals surface area contributed by atoms with Gasteiger partial charge in [-0.3, -0.25) is 4.79 Å². The molecule has 1 aliphatic heterocycles. The summed E-state index contributed by atoms with van der Waals surface area (Å²) < 4.78 is 0. The molecular weight excluding hydrogens is 228 g/mol. The van der Waals surface area contributed by atoms with Gasteiger partial charge in [-0.05, 0) is 31.9 Å². The first-order valence-electron chi connectivity index (χ1n) is 6.16. The molecule has 1 atom stereocenters. The summed E-state index contributed by atoms with van der Waals surface area (Å²) in [6, 6.07) is 2.10. The van der Waals surface area contributed by atoms with Gasteiger partial charge in [-0.1, -0.05) is 6.58 Å². The number of nitrogens with zero attached hydrogens (tertiary/aromatic N) is 3. The van der Waals surface area contributed by atoms with Crippen LogP contribution >= 0.6 is 0 Å². The van der Waals surface area contributed by atoms with Crippen LogP contribution in [0.15, 0.2) is 24.9 Å². The van der Waals surface area contributed by atoms with Crippen molar-refractivity contribution >= 4 is 11.7 Å². The van der Waals surface area contributed by atoms with Crippen molar-refractivity contribution in [3.63, 3.8) is 0 Å². The van der Waals surface area contributed by atoms with Crippen molar-refractivity contribution in [3.8, 4) is 0 Å². The van der Waals surface area contributed by atoms with Crippen LogP contribution in [0.25, 0.3) is 0 Å². The van der Waals surface area contributed by atoms with Crippen LogP contribution in [0.2, 0.25) is 0 Å². The highest BCUT2D eigenvalue weighted by atomic mass is 16.2. The largest absolute Gasteiger partial charge is 0.365 e. The summed E-state index contributed by atoms with van der Waals surface area (Å²) in [6.45, 7) is 6.90. The van der Waals surface area contributed by atoms with Crippen LogP contribution < -0.4 is 5.32 Å². The van der Waals surface area contributed by atoms with Crippen molar-refractivity contribution in [1.29, 1.82) is 0 Å². The lowest BCUT2D eigenvalue weighted by Gasteiger charge is -2.32. The van der Waals surface area contributed by atoms with Crippen molar-refractivity contribution in [1.82, 2.24) is 14.9 Å². The average Bonchev–Trinajstić information content (AvgIpc) is 2.38. The molecule has 1 aromatic rings. The van der Waals surface area contributed by atoms with Crippen molar-refractivity contribution in [2.24, 2.45) is 0 Å². The van der Waals surface area contributed by atoms with Gasteiger partial charge in [0, 0.05) is 25.3 Å². The predicted molar refractivity (Wildman–Crippen MR) is 70.2 cm³/mol. The lowest BCUT2D eigenvalue weighted by Crippen LogP contribution is -2.44. The highest BCUT2D eigenvalue weighted by molar-refractivity contribution is 5.87. The molecule has 1 aromatic heterocycles. The van der Waals surface area contributed by atoms with Gasteiger partial charge >= 0.3 is 0 Å². The lowest BCUT2D eigenvalue weighted by atomic mass is 10.1. The molecule has 1 unspecified atom stereocenters. The Labute approximate surface area is 107 Å². The quantitative estimate of drug-likeness (QED) is 0.818. The number of carbonyl (C=O) groups excluding carboxylic acids is 1. The first kappa shape index (κ1) is 12.5. The van der Waals surface area contributed by atoms with E-state index in [2.05, 4.69) is 21.9 Å². The lowest BCUT2D eigenvalue weighted by molar-refractivity contribution is -0.127. The van der Waals surface area contributed by atoms with Gasteiger partial charge in [0.2, 0.25) is 5.91 Å². The summed E-state index contributed by atoms with van der Waals surface area (Å²) in [6.07, 6.45) is 5.16. The molecule has 96 valence electrons. The van der Waals surface area contributed by atoms with Crippen LogP contribution in [0.1, 0.15) is 18.7 Å². The van der Waals surface area contributed by atoms with Gasteiger partial charge < -0.3 is 10.2 Å². The minimum absolute atomic E-state index is 0.000341. The predicted octanol–water partition coefficient (Wildman–Crippen LogP) is 1.37. The average molecular weight is 246 g/mol. The Morgan fingerprint density at radius 1 is 1.67 bits per heavy atom. The van der Waals surface area contributed by atoms with E-state index in [1.165, 1.54) is 6.08 Å². The van der Waals surface area contributed by atoms with E-state index in [-0.39, 0.29) is 11.9 Å². The number of anilines is 1. The van der Waals surface area contributed by atoms with E-state index >= 15 is 0 Å². The molecule has 1 N–H and O–H groups in total. The SMILES string of the molecule is C=CC(=O)N1CCCC(Nc2ccnc(C)n2)C1. The first-order valence-corrected chi connectivity index (χ1v) is 6.16. The minimum atomic E-state index is 0.000341. The van der Waals surface area contributed by atoms with Gasteiger partial charge in [0.1, 0.15) is 11.6 Å². The maximum atomic E-state index is 11.6. The molecule has 0 bridgehead atoms. The van der Waals surface area contributed by atoms with Gasteiger partial charge in [0.05, 0.1) is 0 Å². The van der Waals surface area contributed by atoms with Crippen molar-refractivity contribution in [3.05, 3.63) is 30.7 Å². The molecule has 1 fully saturated rings. The Hall–Kier alpha value is -1.91. The number of rotatable bonds is 3. The van der Waals surface area contributed by atoms with Crippen LogP contribution in [0.3, 0.4) is 0 Å². The number of hydrogen-bond acceptors (Lipinski definition) is 4.